The minimum Gasteiger partial charge on any atom is -0.454 e. The maximum atomic E-state index is 11.0. The van der Waals surface area contributed by atoms with Gasteiger partial charge in [-0.25, -0.2) is 4.99 Å². The number of hydrogen-bond donors (Lipinski definition) is 0. The maximum absolute atomic E-state index is 11.0. The molecule has 1 aliphatic carbocycles. The van der Waals surface area contributed by atoms with Crippen molar-refractivity contribution in [2.24, 2.45) is 10.4 Å². The van der Waals surface area contributed by atoms with Gasteiger partial charge >= 0.3 is 0 Å². The average molecular weight is 310 g/mol. The standard InChI is InChI=1S/C18H18N2O3/c1-10-11(5-6-21)18(2,3)17-16(10)20(4)13-8-15-14(22-9-23-15)7-12(13)19-17/h5-8H,9H2,1-4H3/b11-5+. The Morgan fingerprint density at radius 2 is 1.96 bits per heavy atom. The zero-order valence-corrected chi connectivity index (χ0v) is 13.6. The fourth-order valence-corrected chi connectivity index (χ4v) is 3.72. The molecular weight excluding hydrogens is 292 g/mol. The molecule has 0 aromatic heterocycles. The second kappa shape index (κ2) is 4.47. The molecule has 23 heavy (non-hydrogen) atoms. The fraction of sp³-hybridized carbons (Fsp3) is 0.333. The SMILES string of the molecule is CC1=C2C(=Nc3cc4c(cc3N2C)OCO4)C(C)(C)/C1=C/C=O. The van der Waals surface area contributed by atoms with E-state index in [1.54, 1.807) is 6.08 Å². The van der Waals surface area contributed by atoms with Gasteiger partial charge in [-0.1, -0.05) is 13.8 Å². The van der Waals surface area contributed by atoms with E-state index in [0.717, 1.165) is 51.7 Å². The van der Waals surface area contributed by atoms with Gasteiger partial charge in [-0.05, 0) is 24.1 Å². The zero-order chi connectivity index (χ0) is 16.4. The van der Waals surface area contributed by atoms with Crippen LogP contribution in [0.15, 0.2) is 40.0 Å². The zero-order valence-electron chi connectivity index (χ0n) is 13.6. The number of aliphatic imine (C=N–C) groups is 1. The summed E-state index contributed by atoms with van der Waals surface area (Å²) >= 11 is 0. The van der Waals surface area contributed by atoms with Crippen molar-refractivity contribution in [3.8, 4) is 11.5 Å². The van der Waals surface area contributed by atoms with Crippen LogP contribution in [0.1, 0.15) is 20.8 Å². The third-order valence-corrected chi connectivity index (χ3v) is 4.88. The molecule has 118 valence electrons. The summed E-state index contributed by atoms with van der Waals surface area (Å²) in [5.41, 5.74) is 5.70. The molecule has 1 aromatic rings. The normalized spacial score (nSPS) is 22.2. The summed E-state index contributed by atoms with van der Waals surface area (Å²) in [5, 5.41) is 0. The summed E-state index contributed by atoms with van der Waals surface area (Å²) in [6.07, 6.45) is 2.50. The monoisotopic (exact) mass is 310 g/mol. The van der Waals surface area contributed by atoms with Gasteiger partial charge in [0.2, 0.25) is 6.79 Å². The van der Waals surface area contributed by atoms with Crippen LogP contribution in [0.5, 0.6) is 11.5 Å². The Morgan fingerprint density at radius 3 is 2.65 bits per heavy atom. The van der Waals surface area contributed by atoms with E-state index in [2.05, 4.69) is 18.7 Å². The molecule has 0 saturated heterocycles. The number of carbonyl (C=O) groups is 1. The fourth-order valence-electron chi connectivity index (χ4n) is 3.72. The van der Waals surface area contributed by atoms with Crippen LogP contribution in [0.4, 0.5) is 11.4 Å². The van der Waals surface area contributed by atoms with Crippen LogP contribution in [-0.2, 0) is 4.79 Å². The first-order chi connectivity index (χ1) is 10.9. The second-order valence-corrected chi connectivity index (χ2v) is 6.53. The lowest BCUT2D eigenvalue weighted by Crippen LogP contribution is -2.31. The highest BCUT2D eigenvalue weighted by molar-refractivity contribution is 6.17. The van der Waals surface area contributed by atoms with Gasteiger partial charge in [-0.2, -0.15) is 0 Å². The van der Waals surface area contributed by atoms with Crippen LogP contribution < -0.4 is 14.4 Å². The highest BCUT2D eigenvalue weighted by Crippen LogP contribution is 2.52. The molecule has 0 saturated carbocycles. The molecule has 5 heteroatoms. The minimum absolute atomic E-state index is 0.248. The Bertz CT molecular complexity index is 831. The molecule has 1 aromatic carbocycles. The van der Waals surface area contributed by atoms with Gasteiger partial charge in [0.05, 0.1) is 22.8 Å². The van der Waals surface area contributed by atoms with Gasteiger partial charge in [-0.15, -0.1) is 0 Å². The highest BCUT2D eigenvalue weighted by atomic mass is 16.7. The van der Waals surface area contributed by atoms with Crippen molar-refractivity contribution in [2.45, 2.75) is 20.8 Å². The Morgan fingerprint density at radius 1 is 1.26 bits per heavy atom. The maximum Gasteiger partial charge on any atom is 0.231 e. The van der Waals surface area contributed by atoms with E-state index in [4.69, 9.17) is 14.5 Å². The molecule has 0 unspecified atom stereocenters. The van der Waals surface area contributed by atoms with Gasteiger partial charge in [-0.3, -0.25) is 4.79 Å². The van der Waals surface area contributed by atoms with Crippen LogP contribution in [0.3, 0.4) is 0 Å². The summed E-state index contributed by atoms with van der Waals surface area (Å²) in [6, 6.07) is 3.89. The summed E-state index contributed by atoms with van der Waals surface area (Å²) in [4.78, 5) is 18.1. The topological polar surface area (TPSA) is 51.1 Å². The summed E-state index contributed by atoms with van der Waals surface area (Å²) in [7, 11) is 2.02. The van der Waals surface area contributed by atoms with Crippen molar-refractivity contribution in [1.82, 2.24) is 0 Å². The van der Waals surface area contributed by atoms with Gasteiger partial charge in [0.1, 0.15) is 6.29 Å². The van der Waals surface area contributed by atoms with Gasteiger partial charge in [0.25, 0.3) is 0 Å². The van der Waals surface area contributed by atoms with Crippen LogP contribution in [-0.4, -0.2) is 25.8 Å². The number of fused-ring (bicyclic) bond motifs is 3. The largest absolute Gasteiger partial charge is 0.454 e. The van der Waals surface area contributed by atoms with Crippen molar-refractivity contribution in [2.75, 3.05) is 18.7 Å². The number of aldehydes is 1. The van der Waals surface area contributed by atoms with E-state index in [1.165, 1.54) is 0 Å². The molecular formula is C18H18N2O3. The number of carbonyl (C=O) groups excluding carboxylic acids is 1. The number of hydrogen-bond acceptors (Lipinski definition) is 5. The molecule has 0 N–H and O–H groups in total. The van der Waals surface area contributed by atoms with Crippen molar-refractivity contribution in [3.05, 3.63) is 35.1 Å². The third kappa shape index (κ3) is 1.73. The average Bonchev–Trinajstić information content (AvgIpc) is 3.03. The van der Waals surface area contributed by atoms with Crippen molar-refractivity contribution < 1.29 is 14.3 Å². The molecule has 5 nitrogen and oxygen atoms in total. The third-order valence-electron chi connectivity index (χ3n) is 4.88. The molecule has 3 aliphatic rings. The first-order valence-corrected chi connectivity index (χ1v) is 7.59. The van der Waals surface area contributed by atoms with E-state index in [1.807, 2.05) is 26.1 Å². The Hall–Kier alpha value is -2.56. The number of rotatable bonds is 1. The van der Waals surface area contributed by atoms with Crippen molar-refractivity contribution in [1.29, 1.82) is 0 Å². The predicted molar refractivity (Wildman–Crippen MR) is 88.7 cm³/mol. The molecule has 0 fully saturated rings. The number of nitrogens with zero attached hydrogens (tertiary/aromatic N) is 2. The molecule has 2 aliphatic heterocycles. The lowest BCUT2D eigenvalue weighted by Gasteiger charge is -2.31. The molecule has 0 amide bonds. The van der Waals surface area contributed by atoms with Crippen molar-refractivity contribution in [3.63, 3.8) is 0 Å². The van der Waals surface area contributed by atoms with Gasteiger partial charge in [0.15, 0.2) is 11.5 Å². The molecule has 0 spiro atoms. The first-order valence-electron chi connectivity index (χ1n) is 7.59. The number of benzene rings is 1. The quantitative estimate of drug-likeness (QED) is 0.589. The number of ether oxygens (including phenoxy) is 2. The lowest BCUT2D eigenvalue weighted by molar-refractivity contribution is -0.104. The van der Waals surface area contributed by atoms with Crippen molar-refractivity contribution >= 4 is 23.4 Å². The summed E-state index contributed by atoms with van der Waals surface area (Å²) in [5.74, 6) is 1.47. The Balaban J connectivity index is 1.97. The first kappa shape index (κ1) is 14.1. The number of allylic oxidation sites excluding steroid dienone is 4. The molecule has 0 atom stereocenters. The van der Waals surface area contributed by atoms with Crippen LogP contribution in [0, 0.1) is 5.41 Å². The van der Waals surface area contributed by atoms with Crippen LogP contribution in [0.2, 0.25) is 0 Å². The Kier molecular flexibility index (Phi) is 2.73. The predicted octanol–water partition coefficient (Wildman–Crippen LogP) is 3.38. The molecule has 2 heterocycles. The van der Waals surface area contributed by atoms with Gasteiger partial charge in [0, 0.05) is 24.6 Å². The van der Waals surface area contributed by atoms with Crippen LogP contribution >= 0.6 is 0 Å². The lowest BCUT2D eigenvalue weighted by atomic mass is 9.82. The Labute approximate surface area is 134 Å². The van der Waals surface area contributed by atoms with Crippen LogP contribution in [0.25, 0.3) is 0 Å². The van der Waals surface area contributed by atoms with E-state index in [9.17, 15) is 4.79 Å². The second-order valence-electron chi connectivity index (χ2n) is 6.53. The van der Waals surface area contributed by atoms with Gasteiger partial charge < -0.3 is 14.4 Å². The summed E-state index contributed by atoms with van der Waals surface area (Å²) < 4.78 is 10.9. The van der Waals surface area contributed by atoms with E-state index in [0.29, 0.717) is 0 Å². The number of anilines is 1. The smallest absolute Gasteiger partial charge is 0.231 e. The minimum atomic E-state index is -0.303. The highest BCUT2D eigenvalue weighted by Gasteiger charge is 2.44. The van der Waals surface area contributed by atoms with E-state index in [-0.39, 0.29) is 12.2 Å². The molecule has 0 bridgehead atoms. The summed E-state index contributed by atoms with van der Waals surface area (Å²) in [6.45, 7) is 6.49. The van der Waals surface area contributed by atoms with E-state index >= 15 is 0 Å². The molecule has 4 rings (SSSR count). The molecule has 0 radical (unpaired) electrons. The van der Waals surface area contributed by atoms with E-state index < -0.39 is 0 Å².